The van der Waals surface area contributed by atoms with E-state index in [1.165, 1.54) is 0 Å². The third kappa shape index (κ3) is 2.65. The Bertz CT molecular complexity index is 593. The second-order valence-electron chi connectivity index (χ2n) is 6.72. The van der Waals surface area contributed by atoms with Gasteiger partial charge in [0.05, 0.1) is 6.04 Å². The molecule has 0 aromatic carbocycles. The van der Waals surface area contributed by atoms with Gasteiger partial charge in [-0.3, -0.25) is 9.69 Å². The summed E-state index contributed by atoms with van der Waals surface area (Å²) in [6.07, 6.45) is 5.87. The summed E-state index contributed by atoms with van der Waals surface area (Å²) < 4.78 is 6.59. The lowest BCUT2D eigenvalue weighted by Crippen LogP contribution is -2.63. The molecule has 1 unspecified atom stereocenters. The molecular weight excluding hydrogens is 393 g/mol. The van der Waals surface area contributed by atoms with Crippen LogP contribution in [0.5, 0.6) is 0 Å². The molecule has 1 aromatic rings. The molecule has 22 heavy (non-hydrogen) atoms. The molecule has 1 aromatic heterocycles. The molecule has 5 nitrogen and oxygen atoms in total. The summed E-state index contributed by atoms with van der Waals surface area (Å²) in [5.74, 6) is 0.851. The van der Waals surface area contributed by atoms with Gasteiger partial charge in [-0.15, -0.1) is 0 Å². The molecule has 1 atom stereocenters. The van der Waals surface area contributed by atoms with E-state index in [4.69, 9.17) is 4.74 Å². The van der Waals surface area contributed by atoms with Gasteiger partial charge in [-0.1, -0.05) is 0 Å². The molecule has 6 heteroatoms. The van der Waals surface area contributed by atoms with Crippen molar-refractivity contribution in [2.24, 2.45) is 5.41 Å². The molecule has 4 heterocycles. The molecule has 2 fully saturated rings. The van der Waals surface area contributed by atoms with Gasteiger partial charge >= 0.3 is 0 Å². The first-order valence-corrected chi connectivity index (χ1v) is 9.00. The molecular formula is C16H20IN3O2. The second-order valence-corrected chi connectivity index (χ2v) is 7.97. The monoisotopic (exact) mass is 413 g/mol. The largest absolute Gasteiger partial charge is 0.381 e. The quantitative estimate of drug-likeness (QED) is 0.717. The van der Waals surface area contributed by atoms with Gasteiger partial charge < -0.3 is 10.1 Å². The smallest absolute Gasteiger partial charge is 0.242 e. The minimum atomic E-state index is -0.0136. The summed E-state index contributed by atoms with van der Waals surface area (Å²) >= 11 is 2.27. The maximum absolute atomic E-state index is 12.5. The van der Waals surface area contributed by atoms with E-state index < -0.39 is 0 Å². The number of aromatic nitrogens is 1. The van der Waals surface area contributed by atoms with Gasteiger partial charge in [-0.2, -0.15) is 0 Å². The van der Waals surface area contributed by atoms with Crippen LogP contribution in [0.15, 0.2) is 12.3 Å². The van der Waals surface area contributed by atoms with Crippen molar-refractivity contribution in [1.82, 2.24) is 9.88 Å². The van der Waals surface area contributed by atoms with Gasteiger partial charge in [0.25, 0.3) is 0 Å². The molecule has 0 bridgehead atoms. The number of nitrogens with zero attached hydrogens (tertiary/aromatic N) is 2. The molecule has 3 aliphatic heterocycles. The van der Waals surface area contributed by atoms with Gasteiger partial charge in [0.15, 0.2) is 0 Å². The Morgan fingerprint density at radius 2 is 2.14 bits per heavy atom. The summed E-state index contributed by atoms with van der Waals surface area (Å²) in [4.78, 5) is 19.3. The lowest BCUT2D eigenvalue weighted by Gasteiger charge is -2.54. The fourth-order valence-corrected chi connectivity index (χ4v) is 4.43. The standard InChI is InChI=1S/C16H20IN3O2/c17-12-7-11-1-2-13(15(21)19-14(11)18-8-12)20-9-16(10-20)3-5-22-6-4-16/h7-8,13H,1-6,9-10H2,(H,18,19,21). The SMILES string of the molecule is O=C1Nc2ncc(I)cc2CCC1N1CC2(CCOCC2)C1. The minimum absolute atomic E-state index is 0.0136. The molecule has 1 N–H and O–H groups in total. The van der Waals surface area contributed by atoms with Crippen LogP contribution in [0.3, 0.4) is 0 Å². The van der Waals surface area contributed by atoms with Crippen molar-refractivity contribution >= 4 is 34.3 Å². The normalized spacial score (nSPS) is 27.7. The first-order valence-electron chi connectivity index (χ1n) is 7.92. The Morgan fingerprint density at radius 1 is 1.36 bits per heavy atom. The summed E-state index contributed by atoms with van der Waals surface area (Å²) in [5.41, 5.74) is 1.56. The van der Waals surface area contributed by atoms with E-state index in [0.29, 0.717) is 5.41 Å². The van der Waals surface area contributed by atoms with Crippen molar-refractivity contribution in [1.29, 1.82) is 0 Å². The molecule has 4 rings (SSSR count). The Morgan fingerprint density at radius 3 is 2.91 bits per heavy atom. The molecule has 2 saturated heterocycles. The number of amides is 1. The van der Waals surface area contributed by atoms with E-state index >= 15 is 0 Å². The number of ether oxygens (including phenoxy) is 1. The van der Waals surface area contributed by atoms with Crippen LogP contribution in [-0.2, 0) is 16.0 Å². The van der Waals surface area contributed by atoms with Crippen molar-refractivity contribution in [2.45, 2.75) is 31.7 Å². The van der Waals surface area contributed by atoms with Crippen LogP contribution in [0.2, 0.25) is 0 Å². The number of likely N-dealkylation sites (tertiary alicyclic amines) is 1. The molecule has 0 saturated carbocycles. The lowest BCUT2D eigenvalue weighted by atomic mass is 9.72. The number of pyridine rings is 1. The van der Waals surface area contributed by atoms with E-state index in [1.807, 2.05) is 0 Å². The van der Waals surface area contributed by atoms with E-state index in [9.17, 15) is 4.79 Å². The topological polar surface area (TPSA) is 54.5 Å². The number of carbonyl (C=O) groups excluding carboxylic acids is 1. The van der Waals surface area contributed by atoms with Crippen molar-refractivity contribution in [3.8, 4) is 0 Å². The number of carbonyl (C=O) groups is 1. The maximum Gasteiger partial charge on any atom is 0.242 e. The summed E-state index contributed by atoms with van der Waals surface area (Å²) in [6, 6.07) is 2.11. The van der Waals surface area contributed by atoms with E-state index in [0.717, 1.165) is 66.9 Å². The first-order chi connectivity index (χ1) is 10.7. The van der Waals surface area contributed by atoms with Gasteiger partial charge in [-0.25, -0.2) is 4.98 Å². The first kappa shape index (κ1) is 14.8. The average molecular weight is 413 g/mol. The van der Waals surface area contributed by atoms with Gasteiger partial charge in [0.1, 0.15) is 5.82 Å². The number of anilines is 1. The zero-order chi connectivity index (χ0) is 15.2. The highest BCUT2D eigenvalue weighted by molar-refractivity contribution is 14.1. The number of nitrogens with one attached hydrogen (secondary N) is 1. The Kier molecular flexibility index (Phi) is 3.86. The Hall–Kier alpha value is -0.730. The molecule has 0 aliphatic carbocycles. The lowest BCUT2D eigenvalue weighted by molar-refractivity contribution is -0.134. The third-order valence-electron chi connectivity index (χ3n) is 5.24. The highest BCUT2D eigenvalue weighted by atomic mass is 127. The molecule has 1 amide bonds. The molecule has 3 aliphatic rings. The van der Waals surface area contributed by atoms with Crippen molar-refractivity contribution < 1.29 is 9.53 Å². The van der Waals surface area contributed by atoms with Crippen LogP contribution in [-0.4, -0.2) is 48.1 Å². The van der Waals surface area contributed by atoms with Crippen molar-refractivity contribution in [3.05, 3.63) is 21.4 Å². The molecule has 0 radical (unpaired) electrons. The summed E-state index contributed by atoms with van der Waals surface area (Å²) in [6.45, 7) is 3.82. The Labute approximate surface area is 143 Å². The van der Waals surface area contributed by atoms with E-state index in [-0.39, 0.29) is 11.9 Å². The number of aryl methyl sites for hydroxylation is 1. The number of fused-ring (bicyclic) bond motifs is 1. The van der Waals surface area contributed by atoms with Crippen molar-refractivity contribution in [2.75, 3.05) is 31.6 Å². The van der Waals surface area contributed by atoms with Gasteiger partial charge in [0, 0.05) is 41.5 Å². The maximum atomic E-state index is 12.5. The fraction of sp³-hybridized carbons (Fsp3) is 0.625. The Balaban J connectivity index is 1.45. The van der Waals surface area contributed by atoms with Crippen LogP contribution in [0.4, 0.5) is 5.82 Å². The van der Waals surface area contributed by atoms with E-state index in [1.54, 1.807) is 6.20 Å². The van der Waals surface area contributed by atoms with E-state index in [2.05, 4.69) is 43.9 Å². The second kappa shape index (κ2) is 5.72. The van der Waals surface area contributed by atoms with Crippen molar-refractivity contribution in [3.63, 3.8) is 0 Å². The van der Waals surface area contributed by atoms with Crippen LogP contribution in [0.1, 0.15) is 24.8 Å². The number of rotatable bonds is 1. The third-order valence-corrected chi connectivity index (χ3v) is 5.83. The van der Waals surface area contributed by atoms with Crippen LogP contribution in [0.25, 0.3) is 0 Å². The van der Waals surface area contributed by atoms with Crippen LogP contribution in [0, 0.1) is 8.99 Å². The number of hydrogen-bond acceptors (Lipinski definition) is 4. The highest BCUT2D eigenvalue weighted by Gasteiger charge is 2.47. The number of halogens is 1. The highest BCUT2D eigenvalue weighted by Crippen LogP contribution is 2.41. The van der Waals surface area contributed by atoms with Gasteiger partial charge in [-0.05, 0) is 59.9 Å². The predicted molar refractivity (Wildman–Crippen MR) is 91.8 cm³/mol. The van der Waals surface area contributed by atoms with Gasteiger partial charge in [0.2, 0.25) is 5.91 Å². The molecule has 118 valence electrons. The molecule has 1 spiro atoms. The minimum Gasteiger partial charge on any atom is -0.381 e. The zero-order valence-corrected chi connectivity index (χ0v) is 14.6. The zero-order valence-electron chi connectivity index (χ0n) is 12.5. The average Bonchev–Trinajstić information content (AvgIpc) is 2.64. The summed E-state index contributed by atoms with van der Waals surface area (Å²) in [7, 11) is 0. The fourth-order valence-electron chi connectivity index (χ4n) is 3.91. The number of hydrogen-bond donors (Lipinski definition) is 1. The van der Waals surface area contributed by atoms with Crippen LogP contribution >= 0.6 is 22.6 Å². The van der Waals surface area contributed by atoms with Crippen LogP contribution < -0.4 is 5.32 Å². The summed E-state index contributed by atoms with van der Waals surface area (Å²) in [5, 5.41) is 3.02. The predicted octanol–water partition coefficient (Wildman–Crippen LogP) is 2.05.